The topological polar surface area (TPSA) is 26.3 Å². The summed E-state index contributed by atoms with van der Waals surface area (Å²) in [7, 11) is 1.23. The maximum atomic E-state index is 11.1. The first-order chi connectivity index (χ1) is 8.04. The second kappa shape index (κ2) is 11.5. The van der Waals surface area contributed by atoms with E-state index in [2.05, 4.69) is 11.7 Å². The Kier molecular flexibility index (Phi) is 8.44. The summed E-state index contributed by atoms with van der Waals surface area (Å²) in [5, 5.41) is 0. The van der Waals surface area contributed by atoms with E-state index in [0.717, 1.165) is 19.3 Å². The van der Waals surface area contributed by atoms with Crippen molar-refractivity contribution in [1.29, 1.82) is 0 Å². The fraction of sp³-hybridized carbons (Fsp3) is 0.923. The lowest BCUT2D eigenvalue weighted by Gasteiger charge is -2.01. The van der Waals surface area contributed by atoms with E-state index >= 15 is 0 Å². The number of carbonyl (C=O) groups is 1. The molecule has 2 nitrogen and oxygen atoms in total. The molecule has 0 unspecified atom stereocenters. The molecule has 0 rings (SSSR count). The van der Waals surface area contributed by atoms with Gasteiger partial charge in [0.05, 0.1) is 7.11 Å². The van der Waals surface area contributed by atoms with Crippen LogP contribution >= 0.6 is 0 Å². The number of hydrogen-bond donors (Lipinski definition) is 0. The molecule has 0 aliphatic heterocycles. The van der Waals surface area contributed by atoms with Crippen LogP contribution in [0, 0.1) is 0 Å². The second-order valence-corrected chi connectivity index (χ2v) is 3.89. The van der Waals surface area contributed by atoms with E-state index in [4.69, 9.17) is 2.74 Å². The standard InChI is InChI=1S/C13H26O2/c1-3-4-5-6-7-8-9-10-11-12-13(14)15-2/h3-12H2,1-2H3/i12D2. The summed E-state index contributed by atoms with van der Waals surface area (Å²) < 4.78 is 19.4. The molecule has 0 bridgehead atoms. The van der Waals surface area contributed by atoms with Crippen LogP contribution < -0.4 is 0 Å². The van der Waals surface area contributed by atoms with Gasteiger partial charge in [0, 0.05) is 9.11 Å². The predicted octanol–water partition coefficient (Wildman–Crippen LogP) is 4.08. The minimum absolute atomic E-state index is 0.272. The molecule has 0 aromatic heterocycles. The zero-order chi connectivity index (χ0) is 13.1. The highest BCUT2D eigenvalue weighted by molar-refractivity contribution is 5.68. The number of carbonyl (C=O) groups excluding carboxylic acids is 1. The van der Waals surface area contributed by atoms with Crippen molar-refractivity contribution in [2.45, 2.75) is 71.1 Å². The van der Waals surface area contributed by atoms with Gasteiger partial charge in [0.1, 0.15) is 0 Å². The molecule has 0 aromatic carbocycles. The van der Waals surface area contributed by atoms with Gasteiger partial charge in [0.2, 0.25) is 0 Å². The van der Waals surface area contributed by atoms with Gasteiger partial charge in [-0.05, 0) is 6.42 Å². The average Bonchev–Trinajstić information content (AvgIpc) is 2.31. The third kappa shape index (κ3) is 11.4. The molecule has 0 N–H and O–H groups in total. The summed E-state index contributed by atoms with van der Waals surface area (Å²) in [5.41, 5.74) is 0. The third-order valence-corrected chi connectivity index (χ3v) is 2.49. The molecule has 0 heterocycles. The van der Waals surface area contributed by atoms with Crippen LogP contribution in [0.4, 0.5) is 0 Å². The maximum Gasteiger partial charge on any atom is 0.305 e. The summed E-state index contributed by atoms with van der Waals surface area (Å²) in [4.78, 5) is 11.1. The average molecular weight is 216 g/mol. The van der Waals surface area contributed by atoms with E-state index in [-0.39, 0.29) is 6.42 Å². The van der Waals surface area contributed by atoms with Crippen LogP contribution in [-0.4, -0.2) is 13.1 Å². The Morgan fingerprint density at radius 2 is 1.47 bits per heavy atom. The molecule has 0 saturated heterocycles. The summed E-state index contributed by atoms with van der Waals surface area (Å²) in [6.07, 6.45) is 7.74. The number of esters is 1. The van der Waals surface area contributed by atoms with Gasteiger partial charge in [-0.3, -0.25) is 4.79 Å². The molecule has 0 saturated carbocycles. The molecule has 0 radical (unpaired) electrons. The van der Waals surface area contributed by atoms with Gasteiger partial charge < -0.3 is 4.74 Å². The number of hydrogen-bond acceptors (Lipinski definition) is 2. The van der Waals surface area contributed by atoms with E-state index in [9.17, 15) is 4.79 Å². The lowest BCUT2D eigenvalue weighted by molar-refractivity contribution is -0.140. The first-order valence-electron chi connectivity index (χ1n) is 7.13. The Labute approximate surface area is 97.2 Å². The van der Waals surface area contributed by atoms with Crippen molar-refractivity contribution in [3.63, 3.8) is 0 Å². The predicted molar refractivity (Wildman–Crippen MR) is 63.9 cm³/mol. The number of rotatable bonds is 10. The third-order valence-electron chi connectivity index (χ3n) is 2.49. The van der Waals surface area contributed by atoms with E-state index in [1.54, 1.807) is 0 Å². The highest BCUT2D eigenvalue weighted by atomic mass is 16.5. The van der Waals surface area contributed by atoms with Gasteiger partial charge in [-0.15, -0.1) is 0 Å². The molecule has 0 spiro atoms. The largest absolute Gasteiger partial charge is 0.469 e. The van der Waals surface area contributed by atoms with Gasteiger partial charge in [-0.2, -0.15) is 0 Å². The minimum atomic E-state index is -1.81. The van der Waals surface area contributed by atoms with Gasteiger partial charge in [0.25, 0.3) is 0 Å². The van der Waals surface area contributed by atoms with Crippen molar-refractivity contribution in [2.24, 2.45) is 0 Å². The fourth-order valence-electron chi connectivity index (χ4n) is 1.52. The number of unbranched alkanes of at least 4 members (excludes halogenated alkanes) is 7. The van der Waals surface area contributed by atoms with Crippen molar-refractivity contribution < 1.29 is 12.3 Å². The highest BCUT2D eigenvalue weighted by Gasteiger charge is 1.98. The van der Waals surface area contributed by atoms with E-state index in [1.807, 2.05) is 0 Å². The molecule has 2 heteroatoms. The van der Waals surface area contributed by atoms with Gasteiger partial charge >= 0.3 is 5.97 Å². The Morgan fingerprint density at radius 3 is 1.93 bits per heavy atom. The summed E-state index contributed by atoms with van der Waals surface area (Å²) >= 11 is 0. The Morgan fingerprint density at radius 1 is 1.00 bits per heavy atom. The van der Waals surface area contributed by atoms with Crippen LogP contribution in [-0.2, 0) is 9.53 Å². The van der Waals surface area contributed by atoms with Crippen molar-refractivity contribution in [2.75, 3.05) is 7.11 Å². The van der Waals surface area contributed by atoms with Gasteiger partial charge in [-0.1, -0.05) is 58.3 Å². The summed E-state index contributed by atoms with van der Waals surface area (Å²) in [6.45, 7) is 2.20. The van der Waals surface area contributed by atoms with Crippen molar-refractivity contribution >= 4 is 5.97 Å². The van der Waals surface area contributed by atoms with Crippen LogP contribution in [0.25, 0.3) is 0 Å². The minimum Gasteiger partial charge on any atom is -0.469 e. The lowest BCUT2D eigenvalue weighted by Crippen LogP contribution is -1.99. The fourth-order valence-corrected chi connectivity index (χ4v) is 1.52. The molecule has 0 atom stereocenters. The van der Waals surface area contributed by atoms with Gasteiger partial charge in [-0.25, -0.2) is 0 Å². The monoisotopic (exact) mass is 216 g/mol. The van der Waals surface area contributed by atoms with Crippen molar-refractivity contribution in [1.82, 2.24) is 0 Å². The van der Waals surface area contributed by atoms with E-state index in [0.29, 0.717) is 0 Å². The molecule has 15 heavy (non-hydrogen) atoms. The molecule has 0 aliphatic carbocycles. The molecule has 0 fully saturated rings. The molecule has 0 amide bonds. The van der Waals surface area contributed by atoms with Crippen LogP contribution in [0.15, 0.2) is 0 Å². The Balaban J connectivity index is 3.42. The zero-order valence-electron chi connectivity index (χ0n) is 12.2. The normalized spacial score (nSPS) is 13.2. The van der Waals surface area contributed by atoms with Crippen molar-refractivity contribution in [3.8, 4) is 0 Å². The SMILES string of the molecule is [2H]C([2H])(CCCCCCCCCC)C(=O)OC. The summed E-state index contributed by atoms with van der Waals surface area (Å²) in [6, 6.07) is 0. The van der Waals surface area contributed by atoms with E-state index in [1.165, 1.54) is 39.2 Å². The number of ether oxygens (including phenoxy) is 1. The number of methoxy groups -OCH3 is 1. The van der Waals surface area contributed by atoms with E-state index < -0.39 is 12.3 Å². The van der Waals surface area contributed by atoms with Crippen LogP contribution in [0.5, 0.6) is 0 Å². The summed E-state index contributed by atoms with van der Waals surface area (Å²) in [5.74, 6) is -0.750. The van der Waals surface area contributed by atoms with Crippen LogP contribution in [0.3, 0.4) is 0 Å². The second-order valence-electron chi connectivity index (χ2n) is 3.89. The molecule has 0 aromatic rings. The zero-order valence-corrected chi connectivity index (χ0v) is 10.2. The van der Waals surface area contributed by atoms with Crippen molar-refractivity contribution in [3.05, 3.63) is 0 Å². The van der Waals surface area contributed by atoms with Crippen LogP contribution in [0.1, 0.15) is 73.8 Å². The molecule has 90 valence electrons. The first kappa shape index (κ1) is 11.0. The lowest BCUT2D eigenvalue weighted by atomic mass is 10.1. The van der Waals surface area contributed by atoms with Crippen LogP contribution in [0.2, 0.25) is 0 Å². The molecule has 0 aliphatic rings. The maximum absolute atomic E-state index is 11.1. The quantitative estimate of drug-likeness (QED) is 0.406. The highest BCUT2D eigenvalue weighted by Crippen LogP contribution is 2.10. The Hall–Kier alpha value is -0.530. The molecular weight excluding hydrogens is 188 g/mol. The smallest absolute Gasteiger partial charge is 0.305 e. The Bertz CT molecular complexity index is 206. The van der Waals surface area contributed by atoms with Gasteiger partial charge in [0.15, 0.2) is 0 Å². The molecular formula is C13H26O2. The first-order valence-corrected chi connectivity index (χ1v) is 6.13.